The summed E-state index contributed by atoms with van der Waals surface area (Å²) in [6, 6.07) is 22.4. The fourth-order valence-corrected chi connectivity index (χ4v) is 4.37. The minimum absolute atomic E-state index is 0.0958. The Morgan fingerprint density at radius 3 is 2.29 bits per heavy atom. The Balaban J connectivity index is 1.29. The highest BCUT2D eigenvalue weighted by Gasteiger charge is 2.22. The molecule has 1 fully saturated rings. The predicted octanol–water partition coefficient (Wildman–Crippen LogP) is 6.31. The molecule has 35 heavy (non-hydrogen) atoms. The number of hydrogen-bond donors (Lipinski definition) is 2. The van der Waals surface area contributed by atoms with Gasteiger partial charge in [-0.25, -0.2) is 5.43 Å². The van der Waals surface area contributed by atoms with Crippen molar-refractivity contribution in [2.45, 2.75) is 39.2 Å². The first kappa shape index (κ1) is 24.7. The van der Waals surface area contributed by atoms with Gasteiger partial charge in [0.05, 0.1) is 10.2 Å². The lowest BCUT2D eigenvalue weighted by Gasteiger charge is -2.11. The average molecular weight is 534 g/mol. The van der Waals surface area contributed by atoms with E-state index in [1.165, 1.54) is 0 Å². The van der Waals surface area contributed by atoms with Crippen molar-refractivity contribution in [1.82, 2.24) is 5.43 Å². The van der Waals surface area contributed by atoms with E-state index in [-0.39, 0.29) is 17.7 Å². The third kappa shape index (κ3) is 6.79. The fourth-order valence-electron chi connectivity index (χ4n) is 3.97. The predicted molar refractivity (Wildman–Crippen MR) is 142 cm³/mol. The number of nitrogens with one attached hydrogen (secondary N) is 2. The highest BCUT2D eigenvalue weighted by atomic mass is 79.9. The average Bonchev–Trinajstić information content (AvgIpc) is 3.43. The number of nitrogens with zero attached hydrogens (tertiary/aromatic N) is 1. The third-order valence-electron chi connectivity index (χ3n) is 6.07. The number of carbonyl (C=O) groups is 2. The SMILES string of the molecule is CC(=NNC(=O)c1ccc(COc2ccccc2Br)cc1)c1ccc(NC(=O)C2CCCC2)cc1. The summed E-state index contributed by atoms with van der Waals surface area (Å²) in [7, 11) is 0. The Hall–Kier alpha value is -3.45. The molecule has 0 saturated heterocycles. The van der Waals surface area contributed by atoms with E-state index in [1.54, 1.807) is 12.1 Å². The summed E-state index contributed by atoms with van der Waals surface area (Å²) in [5.41, 5.74) is 6.38. The summed E-state index contributed by atoms with van der Waals surface area (Å²) >= 11 is 3.46. The molecule has 2 amide bonds. The van der Waals surface area contributed by atoms with Crippen LogP contribution in [0.1, 0.15) is 54.1 Å². The van der Waals surface area contributed by atoms with Crippen LogP contribution in [0, 0.1) is 5.92 Å². The first-order valence-electron chi connectivity index (χ1n) is 11.7. The summed E-state index contributed by atoms with van der Waals surface area (Å²) in [6.07, 6.45) is 4.20. The molecule has 0 aromatic heterocycles. The maximum Gasteiger partial charge on any atom is 0.271 e. The Bertz CT molecular complexity index is 1200. The second-order valence-corrected chi connectivity index (χ2v) is 9.46. The number of rotatable bonds is 8. The Morgan fingerprint density at radius 2 is 1.60 bits per heavy atom. The standard InChI is InChI=1S/C28H28BrN3O3/c1-19(21-14-16-24(17-15-21)30-27(33)22-6-2-3-7-22)31-32-28(34)23-12-10-20(11-13-23)18-35-26-9-5-4-8-25(26)29/h4-5,8-17,22H,2-3,6-7,18H2,1H3,(H,30,33)(H,32,34). The zero-order valence-corrected chi connectivity index (χ0v) is 21.2. The first-order chi connectivity index (χ1) is 17.0. The third-order valence-corrected chi connectivity index (χ3v) is 6.72. The van der Waals surface area contributed by atoms with Crippen molar-refractivity contribution in [3.63, 3.8) is 0 Å². The van der Waals surface area contributed by atoms with Crippen molar-refractivity contribution in [3.8, 4) is 5.75 Å². The molecule has 0 atom stereocenters. The molecule has 0 heterocycles. The molecular formula is C28H28BrN3O3. The topological polar surface area (TPSA) is 79.8 Å². The number of carbonyl (C=O) groups excluding carboxylic acids is 2. The lowest BCUT2D eigenvalue weighted by molar-refractivity contribution is -0.119. The van der Waals surface area contributed by atoms with E-state index in [2.05, 4.69) is 31.8 Å². The Kier molecular flexibility index (Phi) is 8.32. The van der Waals surface area contributed by atoms with Crippen LogP contribution in [-0.4, -0.2) is 17.5 Å². The number of anilines is 1. The van der Waals surface area contributed by atoms with Crippen molar-refractivity contribution in [3.05, 3.63) is 94.0 Å². The maximum atomic E-state index is 12.5. The largest absolute Gasteiger partial charge is 0.488 e. The van der Waals surface area contributed by atoms with E-state index in [9.17, 15) is 9.59 Å². The van der Waals surface area contributed by atoms with Gasteiger partial charge in [-0.15, -0.1) is 0 Å². The van der Waals surface area contributed by atoms with Gasteiger partial charge in [-0.1, -0.05) is 49.2 Å². The van der Waals surface area contributed by atoms with E-state index < -0.39 is 0 Å². The summed E-state index contributed by atoms with van der Waals surface area (Å²) < 4.78 is 6.71. The number of benzene rings is 3. The van der Waals surface area contributed by atoms with Crippen LogP contribution in [0.2, 0.25) is 0 Å². The van der Waals surface area contributed by atoms with Crippen molar-refractivity contribution < 1.29 is 14.3 Å². The van der Waals surface area contributed by atoms with E-state index in [1.807, 2.05) is 67.6 Å². The number of halogens is 1. The van der Waals surface area contributed by atoms with E-state index in [0.29, 0.717) is 17.9 Å². The molecule has 180 valence electrons. The molecule has 4 rings (SSSR count). The van der Waals surface area contributed by atoms with Crippen LogP contribution in [0.3, 0.4) is 0 Å². The second-order valence-electron chi connectivity index (χ2n) is 8.60. The monoisotopic (exact) mass is 533 g/mol. The van der Waals surface area contributed by atoms with E-state index >= 15 is 0 Å². The van der Waals surface area contributed by atoms with E-state index in [4.69, 9.17) is 4.74 Å². The lowest BCUT2D eigenvalue weighted by Crippen LogP contribution is -2.20. The number of hydrogen-bond acceptors (Lipinski definition) is 4. The summed E-state index contributed by atoms with van der Waals surface area (Å²) in [5, 5.41) is 7.22. The molecule has 1 aliphatic rings. The van der Waals surface area contributed by atoms with Crippen LogP contribution in [-0.2, 0) is 11.4 Å². The van der Waals surface area contributed by atoms with Crippen molar-refractivity contribution in [2.75, 3.05) is 5.32 Å². The lowest BCUT2D eigenvalue weighted by atomic mass is 10.1. The Morgan fingerprint density at radius 1 is 0.943 bits per heavy atom. The van der Waals surface area contributed by atoms with Gasteiger partial charge in [0.1, 0.15) is 12.4 Å². The van der Waals surface area contributed by atoms with E-state index in [0.717, 1.165) is 52.7 Å². The second kappa shape index (κ2) is 11.8. The molecular weight excluding hydrogens is 506 g/mol. The highest BCUT2D eigenvalue weighted by Crippen LogP contribution is 2.26. The molecule has 1 aliphatic carbocycles. The van der Waals surface area contributed by atoms with Gasteiger partial charge in [-0.05, 0) is 83.2 Å². The van der Waals surface area contributed by atoms with Gasteiger partial charge in [-0.3, -0.25) is 9.59 Å². The van der Waals surface area contributed by atoms with Crippen LogP contribution in [0.25, 0.3) is 0 Å². The van der Waals surface area contributed by atoms with Gasteiger partial charge < -0.3 is 10.1 Å². The summed E-state index contributed by atoms with van der Waals surface area (Å²) in [6.45, 7) is 2.23. The number of para-hydroxylation sites is 1. The van der Waals surface area contributed by atoms with Crippen LogP contribution in [0.15, 0.2) is 82.4 Å². The molecule has 0 bridgehead atoms. The van der Waals surface area contributed by atoms with Gasteiger partial charge in [0.25, 0.3) is 5.91 Å². The zero-order valence-electron chi connectivity index (χ0n) is 19.6. The molecule has 6 nitrogen and oxygen atoms in total. The van der Waals surface area contributed by atoms with Gasteiger partial charge in [0, 0.05) is 17.2 Å². The molecule has 0 spiro atoms. The normalized spacial score (nSPS) is 13.9. The van der Waals surface area contributed by atoms with Crippen LogP contribution < -0.4 is 15.5 Å². The maximum absolute atomic E-state index is 12.5. The number of hydrazone groups is 1. The summed E-state index contributed by atoms with van der Waals surface area (Å²) in [4.78, 5) is 24.8. The zero-order chi connectivity index (χ0) is 24.6. The molecule has 3 aromatic carbocycles. The molecule has 3 aromatic rings. The van der Waals surface area contributed by atoms with Crippen LogP contribution in [0.5, 0.6) is 5.75 Å². The molecule has 0 aliphatic heterocycles. The van der Waals surface area contributed by atoms with Gasteiger partial charge >= 0.3 is 0 Å². The summed E-state index contributed by atoms with van der Waals surface area (Å²) in [5.74, 6) is 0.700. The van der Waals surface area contributed by atoms with Gasteiger partial charge in [-0.2, -0.15) is 5.10 Å². The van der Waals surface area contributed by atoms with Crippen molar-refractivity contribution in [1.29, 1.82) is 0 Å². The number of ether oxygens (including phenoxy) is 1. The smallest absolute Gasteiger partial charge is 0.271 e. The van der Waals surface area contributed by atoms with Gasteiger partial charge in [0.15, 0.2) is 0 Å². The minimum atomic E-state index is -0.289. The molecule has 0 radical (unpaired) electrons. The van der Waals surface area contributed by atoms with Crippen molar-refractivity contribution >= 4 is 39.1 Å². The molecule has 2 N–H and O–H groups in total. The first-order valence-corrected chi connectivity index (χ1v) is 12.5. The minimum Gasteiger partial charge on any atom is -0.488 e. The quantitative estimate of drug-likeness (QED) is 0.263. The van der Waals surface area contributed by atoms with Gasteiger partial charge in [0.2, 0.25) is 5.91 Å². The Labute approximate surface area is 213 Å². The molecule has 1 saturated carbocycles. The fraction of sp³-hybridized carbons (Fsp3) is 0.250. The molecule has 7 heteroatoms. The number of amides is 2. The molecule has 0 unspecified atom stereocenters. The van der Waals surface area contributed by atoms with Crippen LogP contribution >= 0.6 is 15.9 Å². The highest BCUT2D eigenvalue weighted by molar-refractivity contribution is 9.10. The van der Waals surface area contributed by atoms with Crippen LogP contribution in [0.4, 0.5) is 5.69 Å². The van der Waals surface area contributed by atoms with Crippen molar-refractivity contribution in [2.24, 2.45) is 11.0 Å².